The maximum Gasteiger partial charge on any atom is 0.230 e. The minimum atomic E-state index is 0.168. The Kier molecular flexibility index (Phi) is 6.47. The SMILES string of the molecule is CCCCCCCn1c(N=Cc2cc(OC)ccc2O)nc2ccccc21. The number of rotatable bonds is 9. The number of para-hydroxylation sites is 2. The summed E-state index contributed by atoms with van der Waals surface area (Å²) in [4.78, 5) is 9.24. The van der Waals surface area contributed by atoms with Crippen molar-refractivity contribution in [2.75, 3.05) is 7.11 Å². The molecule has 0 unspecified atom stereocenters. The van der Waals surface area contributed by atoms with Crippen LogP contribution in [-0.2, 0) is 6.54 Å². The van der Waals surface area contributed by atoms with Crippen LogP contribution >= 0.6 is 0 Å². The van der Waals surface area contributed by atoms with Crippen molar-refractivity contribution in [3.8, 4) is 11.5 Å². The molecule has 3 rings (SSSR count). The summed E-state index contributed by atoms with van der Waals surface area (Å²) < 4.78 is 7.39. The minimum Gasteiger partial charge on any atom is -0.507 e. The second-order valence-corrected chi connectivity index (χ2v) is 6.65. The van der Waals surface area contributed by atoms with Gasteiger partial charge in [0.15, 0.2) is 0 Å². The number of hydrogen-bond donors (Lipinski definition) is 1. The normalized spacial score (nSPS) is 11.5. The van der Waals surface area contributed by atoms with Crippen LogP contribution in [0, 0.1) is 0 Å². The molecule has 0 spiro atoms. The Bertz CT molecular complexity index is 915. The van der Waals surface area contributed by atoms with Crippen LogP contribution in [0.3, 0.4) is 0 Å². The van der Waals surface area contributed by atoms with E-state index in [-0.39, 0.29) is 5.75 Å². The lowest BCUT2D eigenvalue weighted by Gasteiger charge is -2.07. The highest BCUT2D eigenvalue weighted by atomic mass is 16.5. The van der Waals surface area contributed by atoms with Gasteiger partial charge in [0.25, 0.3) is 0 Å². The Balaban J connectivity index is 1.86. The summed E-state index contributed by atoms with van der Waals surface area (Å²) in [6, 6.07) is 13.2. The zero-order valence-electron chi connectivity index (χ0n) is 16.1. The molecule has 0 saturated heterocycles. The maximum absolute atomic E-state index is 10.1. The van der Waals surface area contributed by atoms with Crippen LogP contribution < -0.4 is 4.74 Å². The summed E-state index contributed by atoms with van der Waals surface area (Å²) in [5.74, 6) is 1.51. The Morgan fingerprint density at radius 2 is 1.93 bits per heavy atom. The molecule has 0 bridgehead atoms. The third kappa shape index (κ3) is 4.67. The van der Waals surface area contributed by atoms with Gasteiger partial charge in [0.05, 0.1) is 18.1 Å². The molecule has 1 heterocycles. The van der Waals surface area contributed by atoms with Crippen molar-refractivity contribution in [3.05, 3.63) is 48.0 Å². The lowest BCUT2D eigenvalue weighted by atomic mass is 10.1. The number of aromatic nitrogens is 2. The molecule has 0 amide bonds. The van der Waals surface area contributed by atoms with Gasteiger partial charge in [-0.3, -0.25) is 0 Å². The predicted molar refractivity (Wildman–Crippen MR) is 110 cm³/mol. The number of phenols is 1. The molecule has 27 heavy (non-hydrogen) atoms. The monoisotopic (exact) mass is 365 g/mol. The third-order valence-corrected chi connectivity index (χ3v) is 4.67. The average molecular weight is 365 g/mol. The van der Waals surface area contributed by atoms with E-state index in [1.165, 1.54) is 25.7 Å². The summed E-state index contributed by atoms with van der Waals surface area (Å²) in [6.45, 7) is 3.12. The fourth-order valence-corrected chi connectivity index (χ4v) is 3.15. The van der Waals surface area contributed by atoms with Crippen LogP contribution in [0.25, 0.3) is 11.0 Å². The molecule has 2 aromatic carbocycles. The summed E-state index contributed by atoms with van der Waals surface area (Å²) in [5, 5.41) is 10.1. The van der Waals surface area contributed by atoms with Crippen molar-refractivity contribution in [1.29, 1.82) is 0 Å². The molecule has 0 aliphatic carbocycles. The van der Waals surface area contributed by atoms with Gasteiger partial charge in [-0.05, 0) is 36.8 Å². The summed E-state index contributed by atoms with van der Waals surface area (Å²) >= 11 is 0. The molecular formula is C22H27N3O2. The van der Waals surface area contributed by atoms with Crippen LogP contribution in [-0.4, -0.2) is 28.0 Å². The smallest absolute Gasteiger partial charge is 0.230 e. The number of phenolic OH excluding ortho intramolecular Hbond substituents is 1. The Morgan fingerprint density at radius 3 is 2.74 bits per heavy atom. The quantitative estimate of drug-likeness (QED) is 0.404. The summed E-state index contributed by atoms with van der Waals surface area (Å²) in [5.41, 5.74) is 2.64. The summed E-state index contributed by atoms with van der Waals surface area (Å²) in [6.07, 6.45) is 7.75. The number of hydrogen-bond acceptors (Lipinski definition) is 4. The first-order valence-electron chi connectivity index (χ1n) is 9.59. The van der Waals surface area contributed by atoms with Crippen molar-refractivity contribution in [1.82, 2.24) is 9.55 Å². The highest BCUT2D eigenvalue weighted by Crippen LogP contribution is 2.25. The fraction of sp³-hybridized carbons (Fsp3) is 0.364. The van der Waals surface area contributed by atoms with Crippen molar-refractivity contribution in [2.24, 2.45) is 4.99 Å². The van der Waals surface area contributed by atoms with Gasteiger partial charge in [0.2, 0.25) is 5.95 Å². The molecule has 5 nitrogen and oxygen atoms in total. The lowest BCUT2D eigenvalue weighted by Crippen LogP contribution is -1.98. The van der Waals surface area contributed by atoms with E-state index < -0.39 is 0 Å². The van der Waals surface area contributed by atoms with Crippen LogP contribution in [0.2, 0.25) is 0 Å². The number of aromatic hydroxyl groups is 1. The van der Waals surface area contributed by atoms with Gasteiger partial charge in [0.1, 0.15) is 11.5 Å². The number of nitrogens with zero attached hydrogens (tertiary/aromatic N) is 3. The van der Waals surface area contributed by atoms with Crippen LogP contribution in [0.15, 0.2) is 47.5 Å². The number of imidazole rings is 1. The van der Waals surface area contributed by atoms with Gasteiger partial charge in [-0.25, -0.2) is 9.98 Å². The molecule has 1 N–H and O–H groups in total. The van der Waals surface area contributed by atoms with Crippen LogP contribution in [0.4, 0.5) is 5.95 Å². The topological polar surface area (TPSA) is 59.6 Å². The highest BCUT2D eigenvalue weighted by Gasteiger charge is 2.09. The molecule has 0 saturated carbocycles. The first-order chi connectivity index (χ1) is 13.2. The molecular weight excluding hydrogens is 338 g/mol. The van der Waals surface area contributed by atoms with E-state index in [0.29, 0.717) is 17.3 Å². The number of ether oxygens (including phenoxy) is 1. The summed E-state index contributed by atoms with van der Waals surface area (Å²) in [7, 11) is 1.60. The third-order valence-electron chi connectivity index (χ3n) is 4.67. The first-order valence-corrected chi connectivity index (χ1v) is 9.59. The predicted octanol–water partition coefficient (Wildman–Crippen LogP) is 5.47. The zero-order valence-corrected chi connectivity index (χ0v) is 16.1. The van der Waals surface area contributed by atoms with Crippen molar-refractivity contribution < 1.29 is 9.84 Å². The van der Waals surface area contributed by atoms with Crippen molar-refractivity contribution in [3.63, 3.8) is 0 Å². The Labute approximate surface area is 160 Å². The lowest BCUT2D eigenvalue weighted by molar-refractivity contribution is 0.412. The van der Waals surface area contributed by atoms with E-state index in [9.17, 15) is 5.11 Å². The molecule has 0 radical (unpaired) electrons. The average Bonchev–Trinajstić information content (AvgIpc) is 3.05. The molecule has 0 aliphatic rings. The van der Waals surface area contributed by atoms with E-state index in [1.54, 1.807) is 31.5 Å². The largest absolute Gasteiger partial charge is 0.507 e. The fourth-order valence-electron chi connectivity index (χ4n) is 3.15. The molecule has 142 valence electrons. The number of aliphatic imine (C=N–C) groups is 1. The van der Waals surface area contributed by atoms with Crippen molar-refractivity contribution >= 4 is 23.2 Å². The second-order valence-electron chi connectivity index (χ2n) is 6.65. The Morgan fingerprint density at radius 1 is 1.11 bits per heavy atom. The maximum atomic E-state index is 10.1. The molecule has 1 aromatic heterocycles. The van der Waals surface area contributed by atoms with Crippen LogP contribution in [0.5, 0.6) is 11.5 Å². The number of fused-ring (bicyclic) bond motifs is 1. The number of aryl methyl sites for hydroxylation is 1. The number of benzene rings is 2. The van der Waals surface area contributed by atoms with Gasteiger partial charge in [0, 0.05) is 18.3 Å². The Hall–Kier alpha value is -2.82. The van der Waals surface area contributed by atoms with Gasteiger partial charge in [-0.15, -0.1) is 0 Å². The number of unbranched alkanes of at least 4 members (excludes halogenated alkanes) is 4. The van der Waals surface area contributed by atoms with E-state index in [2.05, 4.69) is 27.5 Å². The van der Waals surface area contributed by atoms with Crippen molar-refractivity contribution in [2.45, 2.75) is 45.6 Å². The molecule has 3 aromatic rings. The van der Waals surface area contributed by atoms with Gasteiger partial charge < -0.3 is 14.4 Å². The van der Waals surface area contributed by atoms with E-state index in [0.717, 1.165) is 24.0 Å². The van der Waals surface area contributed by atoms with E-state index in [4.69, 9.17) is 4.74 Å². The van der Waals surface area contributed by atoms with Gasteiger partial charge >= 0.3 is 0 Å². The van der Waals surface area contributed by atoms with Gasteiger partial charge in [-0.2, -0.15) is 0 Å². The number of methoxy groups -OCH3 is 1. The molecule has 0 aliphatic heterocycles. The molecule has 0 fully saturated rings. The van der Waals surface area contributed by atoms with Crippen LogP contribution in [0.1, 0.15) is 44.6 Å². The van der Waals surface area contributed by atoms with Gasteiger partial charge in [-0.1, -0.05) is 44.7 Å². The van der Waals surface area contributed by atoms with E-state index in [1.807, 2.05) is 18.2 Å². The standard InChI is InChI=1S/C22H27N3O2/c1-3-4-5-6-9-14-25-20-11-8-7-10-19(20)24-22(25)23-16-17-15-18(27-2)12-13-21(17)26/h7-8,10-13,15-16,26H,3-6,9,14H2,1-2H3. The second kappa shape index (κ2) is 9.21. The zero-order chi connectivity index (χ0) is 19.1. The molecule has 0 atom stereocenters. The highest BCUT2D eigenvalue weighted by molar-refractivity contribution is 5.86. The van der Waals surface area contributed by atoms with E-state index >= 15 is 0 Å². The minimum absolute atomic E-state index is 0.168. The molecule has 5 heteroatoms. The first kappa shape index (κ1) is 19.0.